The SMILES string of the molecule is CCNC(=NCCCCOCC)NC1CCN(c2ccccc2OC)C1.I. The van der Waals surface area contributed by atoms with E-state index in [0.29, 0.717) is 6.04 Å². The molecule has 0 bridgehead atoms. The summed E-state index contributed by atoms with van der Waals surface area (Å²) in [6, 6.07) is 8.60. The molecular weight excluding hydrogens is 455 g/mol. The van der Waals surface area contributed by atoms with E-state index in [-0.39, 0.29) is 24.0 Å². The van der Waals surface area contributed by atoms with E-state index in [1.807, 2.05) is 19.1 Å². The van der Waals surface area contributed by atoms with Gasteiger partial charge in [-0.05, 0) is 45.2 Å². The van der Waals surface area contributed by atoms with Crippen molar-refractivity contribution in [3.05, 3.63) is 24.3 Å². The van der Waals surface area contributed by atoms with Crippen LogP contribution in [0, 0.1) is 0 Å². The van der Waals surface area contributed by atoms with Gasteiger partial charge in [0.1, 0.15) is 5.75 Å². The summed E-state index contributed by atoms with van der Waals surface area (Å²) in [4.78, 5) is 7.08. The fourth-order valence-corrected chi connectivity index (χ4v) is 3.15. The number of unbranched alkanes of at least 4 members (excludes halogenated alkanes) is 1. The van der Waals surface area contributed by atoms with Crippen molar-refractivity contribution < 1.29 is 9.47 Å². The first-order valence-electron chi connectivity index (χ1n) is 9.79. The van der Waals surface area contributed by atoms with E-state index in [1.165, 1.54) is 0 Å². The van der Waals surface area contributed by atoms with Gasteiger partial charge in [-0.25, -0.2) is 0 Å². The van der Waals surface area contributed by atoms with Crippen LogP contribution in [0.1, 0.15) is 33.1 Å². The Labute approximate surface area is 181 Å². The van der Waals surface area contributed by atoms with E-state index in [2.05, 4.69) is 34.6 Å². The van der Waals surface area contributed by atoms with Crippen LogP contribution >= 0.6 is 24.0 Å². The van der Waals surface area contributed by atoms with Crippen molar-refractivity contribution in [2.24, 2.45) is 4.99 Å². The molecule has 154 valence electrons. The highest BCUT2D eigenvalue weighted by Gasteiger charge is 2.25. The van der Waals surface area contributed by atoms with Gasteiger partial charge in [0.05, 0.1) is 12.8 Å². The lowest BCUT2D eigenvalue weighted by molar-refractivity contribution is 0.144. The molecule has 1 aromatic carbocycles. The summed E-state index contributed by atoms with van der Waals surface area (Å²) < 4.78 is 10.9. The minimum Gasteiger partial charge on any atom is -0.495 e. The monoisotopic (exact) mass is 490 g/mol. The standard InChI is InChI=1S/C20H34N4O2.HI/c1-4-21-20(22-13-8-9-15-26-5-2)23-17-12-14-24(16-17)18-10-6-7-11-19(18)25-3;/h6-7,10-11,17H,4-5,8-9,12-16H2,1-3H3,(H2,21,22,23);1H. The largest absolute Gasteiger partial charge is 0.495 e. The Balaban J connectivity index is 0.00000364. The smallest absolute Gasteiger partial charge is 0.191 e. The van der Waals surface area contributed by atoms with Gasteiger partial charge in [-0.1, -0.05) is 12.1 Å². The van der Waals surface area contributed by atoms with Crippen LogP contribution in [0.4, 0.5) is 5.69 Å². The highest BCUT2D eigenvalue weighted by molar-refractivity contribution is 14.0. The van der Waals surface area contributed by atoms with Crippen molar-refractivity contribution in [2.75, 3.05) is 51.4 Å². The van der Waals surface area contributed by atoms with Crippen molar-refractivity contribution in [1.82, 2.24) is 10.6 Å². The van der Waals surface area contributed by atoms with Crippen LogP contribution in [0.25, 0.3) is 0 Å². The molecule has 7 heteroatoms. The molecule has 1 heterocycles. The second-order valence-electron chi connectivity index (χ2n) is 6.41. The highest BCUT2D eigenvalue weighted by atomic mass is 127. The Kier molecular flexibility index (Phi) is 12.2. The average molecular weight is 490 g/mol. The van der Waals surface area contributed by atoms with Gasteiger partial charge in [0.25, 0.3) is 0 Å². The van der Waals surface area contributed by atoms with Gasteiger partial charge >= 0.3 is 0 Å². The number of ether oxygens (including phenoxy) is 2. The first kappa shape index (κ1) is 23.8. The minimum atomic E-state index is 0. The zero-order chi connectivity index (χ0) is 18.6. The van der Waals surface area contributed by atoms with Crippen molar-refractivity contribution >= 4 is 35.6 Å². The lowest BCUT2D eigenvalue weighted by Gasteiger charge is -2.22. The van der Waals surface area contributed by atoms with Gasteiger partial charge in [0.15, 0.2) is 5.96 Å². The van der Waals surface area contributed by atoms with Gasteiger partial charge in [-0.3, -0.25) is 4.99 Å². The topological polar surface area (TPSA) is 58.1 Å². The summed E-state index contributed by atoms with van der Waals surface area (Å²) in [5.41, 5.74) is 1.16. The van der Waals surface area contributed by atoms with E-state index >= 15 is 0 Å². The predicted octanol–water partition coefficient (Wildman–Crippen LogP) is 3.26. The second-order valence-corrected chi connectivity index (χ2v) is 6.41. The number of halogens is 1. The van der Waals surface area contributed by atoms with Crippen LogP contribution in [0.3, 0.4) is 0 Å². The number of hydrogen-bond donors (Lipinski definition) is 2. The van der Waals surface area contributed by atoms with E-state index in [1.54, 1.807) is 7.11 Å². The quantitative estimate of drug-likeness (QED) is 0.228. The molecule has 27 heavy (non-hydrogen) atoms. The number of aliphatic imine (C=N–C) groups is 1. The van der Waals surface area contributed by atoms with E-state index in [9.17, 15) is 0 Å². The van der Waals surface area contributed by atoms with E-state index in [4.69, 9.17) is 14.5 Å². The molecule has 0 aromatic heterocycles. The van der Waals surface area contributed by atoms with Crippen LogP contribution in [0.15, 0.2) is 29.3 Å². The number of anilines is 1. The average Bonchev–Trinajstić information content (AvgIpc) is 3.13. The molecule has 1 atom stereocenters. The summed E-state index contributed by atoms with van der Waals surface area (Å²) in [6.45, 7) is 9.41. The molecular formula is C20H35IN4O2. The van der Waals surface area contributed by atoms with Crippen molar-refractivity contribution in [3.8, 4) is 5.75 Å². The summed E-state index contributed by atoms with van der Waals surface area (Å²) in [5, 5.41) is 6.93. The first-order chi connectivity index (χ1) is 12.8. The molecule has 1 aliphatic heterocycles. The van der Waals surface area contributed by atoms with Gasteiger partial charge in [-0.15, -0.1) is 24.0 Å². The zero-order valence-electron chi connectivity index (χ0n) is 16.9. The lowest BCUT2D eigenvalue weighted by Crippen LogP contribution is -2.44. The Bertz CT molecular complexity index is 557. The van der Waals surface area contributed by atoms with E-state index in [0.717, 1.165) is 76.1 Å². The maximum absolute atomic E-state index is 5.50. The normalized spacial score (nSPS) is 16.8. The van der Waals surface area contributed by atoms with Gasteiger partial charge in [0, 0.05) is 45.4 Å². The Morgan fingerprint density at radius 2 is 2.07 bits per heavy atom. The van der Waals surface area contributed by atoms with Crippen molar-refractivity contribution in [3.63, 3.8) is 0 Å². The number of guanidine groups is 1. The highest BCUT2D eigenvalue weighted by Crippen LogP contribution is 2.30. The molecule has 0 spiro atoms. The number of benzene rings is 1. The molecule has 0 amide bonds. The summed E-state index contributed by atoms with van der Waals surface area (Å²) in [5.74, 6) is 1.85. The van der Waals surface area contributed by atoms with Gasteiger partial charge < -0.3 is 25.0 Å². The number of rotatable bonds is 10. The third-order valence-corrected chi connectivity index (χ3v) is 4.47. The van der Waals surface area contributed by atoms with Crippen LogP contribution in [-0.4, -0.2) is 58.5 Å². The Morgan fingerprint density at radius 3 is 2.81 bits per heavy atom. The zero-order valence-corrected chi connectivity index (χ0v) is 19.2. The van der Waals surface area contributed by atoms with Crippen molar-refractivity contribution in [1.29, 1.82) is 0 Å². The van der Waals surface area contributed by atoms with E-state index < -0.39 is 0 Å². The fraction of sp³-hybridized carbons (Fsp3) is 0.650. The third-order valence-electron chi connectivity index (χ3n) is 4.47. The molecule has 1 aliphatic rings. The van der Waals surface area contributed by atoms with Gasteiger partial charge in [-0.2, -0.15) is 0 Å². The molecule has 0 saturated carbocycles. The lowest BCUT2D eigenvalue weighted by atomic mass is 10.2. The van der Waals surface area contributed by atoms with Crippen LogP contribution in [0.2, 0.25) is 0 Å². The van der Waals surface area contributed by atoms with Crippen LogP contribution < -0.4 is 20.3 Å². The second kappa shape index (κ2) is 13.9. The molecule has 0 radical (unpaired) electrons. The Morgan fingerprint density at radius 1 is 1.26 bits per heavy atom. The molecule has 1 saturated heterocycles. The number of nitrogens with one attached hydrogen (secondary N) is 2. The number of nitrogens with zero attached hydrogens (tertiary/aromatic N) is 2. The number of methoxy groups -OCH3 is 1. The number of para-hydroxylation sites is 2. The maximum atomic E-state index is 5.50. The van der Waals surface area contributed by atoms with Crippen LogP contribution in [-0.2, 0) is 4.74 Å². The molecule has 2 rings (SSSR count). The summed E-state index contributed by atoms with van der Waals surface area (Å²) in [7, 11) is 1.73. The third kappa shape index (κ3) is 8.13. The minimum absolute atomic E-state index is 0. The molecule has 1 unspecified atom stereocenters. The molecule has 0 aliphatic carbocycles. The maximum Gasteiger partial charge on any atom is 0.191 e. The number of hydrogen-bond acceptors (Lipinski definition) is 4. The Hall–Kier alpha value is -1.22. The summed E-state index contributed by atoms with van der Waals surface area (Å²) >= 11 is 0. The molecule has 6 nitrogen and oxygen atoms in total. The van der Waals surface area contributed by atoms with Crippen LogP contribution in [0.5, 0.6) is 5.75 Å². The predicted molar refractivity (Wildman–Crippen MR) is 124 cm³/mol. The molecule has 1 aromatic rings. The molecule has 2 N–H and O–H groups in total. The summed E-state index contributed by atoms with van der Waals surface area (Å²) in [6.07, 6.45) is 3.20. The van der Waals surface area contributed by atoms with Crippen molar-refractivity contribution in [2.45, 2.75) is 39.2 Å². The first-order valence-corrected chi connectivity index (χ1v) is 9.79. The fourth-order valence-electron chi connectivity index (χ4n) is 3.15. The molecule has 1 fully saturated rings. The van der Waals surface area contributed by atoms with Gasteiger partial charge in [0.2, 0.25) is 0 Å².